The largest absolute Gasteiger partial charge is 0.311 e. The van der Waals surface area contributed by atoms with E-state index in [1.165, 1.54) is 71.6 Å². The van der Waals surface area contributed by atoms with Crippen molar-refractivity contribution in [1.29, 1.82) is 5.26 Å². The van der Waals surface area contributed by atoms with E-state index in [0.29, 0.717) is 5.56 Å². The molecule has 0 unspecified atom stereocenters. The first-order chi connectivity index (χ1) is 26.3. The summed E-state index contributed by atoms with van der Waals surface area (Å²) in [5, 5.41) is 14.5. The maximum atomic E-state index is 9.42. The molecule has 9 aromatic rings. The number of nitrogens with zero attached hydrogens (tertiary/aromatic N) is 2. The topological polar surface area (TPSA) is 27.0 Å². The molecule has 0 amide bonds. The SMILES string of the molecule is N#Cc1ccc(N(c2ccccc2)c2ccc(-c3ccc4c5c(cccc35)-c3c-4c(-c4ccccc4)c4ccccc4c3-c3ccccc3)cc2)cc1. The van der Waals surface area contributed by atoms with Gasteiger partial charge < -0.3 is 4.90 Å². The van der Waals surface area contributed by atoms with Crippen LogP contribution in [0.3, 0.4) is 0 Å². The molecule has 0 spiro atoms. The van der Waals surface area contributed by atoms with E-state index in [1.54, 1.807) is 0 Å². The Kier molecular flexibility index (Phi) is 7.23. The fourth-order valence-corrected chi connectivity index (χ4v) is 8.36. The van der Waals surface area contributed by atoms with Gasteiger partial charge in [-0.2, -0.15) is 5.26 Å². The molecule has 2 nitrogen and oxygen atoms in total. The van der Waals surface area contributed by atoms with Crippen LogP contribution < -0.4 is 4.90 Å². The molecule has 10 rings (SSSR count). The minimum Gasteiger partial charge on any atom is -0.311 e. The monoisotopic (exact) mass is 672 g/mol. The normalized spacial score (nSPS) is 11.4. The van der Waals surface area contributed by atoms with Gasteiger partial charge in [-0.05, 0) is 126 Å². The molecule has 1 aliphatic rings. The van der Waals surface area contributed by atoms with Crippen molar-refractivity contribution in [3.8, 4) is 61.7 Å². The van der Waals surface area contributed by atoms with E-state index in [2.05, 4.69) is 175 Å². The van der Waals surface area contributed by atoms with E-state index in [9.17, 15) is 5.26 Å². The van der Waals surface area contributed by atoms with Crippen LogP contribution in [-0.4, -0.2) is 0 Å². The number of nitriles is 1. The zero-order valence-electron chi connectivity index (χ0n) is 28.9. The summed E-state index contributed by atoms with van der Waals surface area (Å²) in [5.41, 5.74) is 16.3. The van der Waals surface area contributed by atoms with Gasteiger partial charge in [0.25, 0.3) is 0 Å². The van der Waals surface area contributed by atoms with Crippen molar-refractivity contribution in [2.75, 3.05) is 4.90 Å². The van der Waals surface area contributed by atoms with Crippen LogP contribution in [0, 0.1) is 11.3 Å². The number of benzene rings is 9. The second-order valence-electron chi connectivity index (χ2n) is 13.5. The smallest absolute Gasteiger partial charge is 0.0991 e. The van der Waals surface area contributed by atoms with Crippen molar-refractivity contribution in [2.45, 2.75) is 0 Å². The van der Waals surface area contributed by atoms with Crippen LogP contribution in [0.5, 0.6) is 0 Å². The third-order valence-electron chi connectivity index (χ3n) is 10.6. The van der Waals surface area contributed by atoms with Crippen molar-refractivity contribution >= 4 is 38.6 Å². The van der Waals surface area contributed by atoms with E-state index in [1.807, 2.05) is 30.3 Å². The summed E-state index contributed by atoms with van der Waals surface area (Å²) < 4.78 is 0. The zero-order chi connectivity index (χ0) is 35.3. The Hall–Kier alpha value is -7.21. The van der Waals surface area contributed by atoms with Crippen molar-refractivity contribution in [3.63, 3.8) is 0 Å². The van der Waals surface area contributed by atoms with Gasteiger partial charge in [-0.3, -0.25) is 0 Å². The van der Waals surface area contributed by atoms with Gasteiger partial charge in [-0.25, -0.2) is 0 Å². The van der Waals surface area contributed by atoms with Crippen LogP contribution in [0.2, 0.25) is 0 Å². The first-order valence-electron chi connectivity index (χ1n) is 18.0. The minimum absolute atomic E-state index is 0.645. The Morgan fingerprint density at radius 1 is 0.321 bits per heavy atom. The van der Waals surface area contributed by atoms with E-state index in [0.717, 1.165) is 22.6 Å². The van der Waals surface area contributed by atoms with Gasteiger partial charge in [0.1, 0.15) is 0 Å². The van der Waals surface area contributed by atoms with Crippen molar-refractivity contribution in [2.24, 2.45) is 0 Å². The molecule has 0 N–H and O–H groups in total. The summed E-state index contributed by atoms with van der Waals surface area (Å²) in [5.74, 6) is 0. The Morgan fingerprint density at radius 3 is 1.34 bits per heavy atom. The molecule has 246 valence electrons. The lowest BCUT2D eigenvalue weighted by Crippen LogP contribution is -2.09. The maximum absolute atomic E-state index is 9.42. The lowest BCUT2D eigenvalue weighted by molar-refractivity contribution is 1.28. The van der Waals surface area contributed by atoms with Crippen molar-refractivity contribution in [1.82, 2.24) is 0 Å². The number of rotatable bonds is 6. The van der Waals surface area contributed by atoms with E-state index < -0.39 is 0 Å². The number of hydrogen-bond acceptors (Lipinski definition) is 2. The Morgan fingerprint density at radius 2 is 0.774 bits per heavy atom. The average Bonchev–Trinajstić information content (AvgIpc) is 3.56. The first kappa shape index (κ1) is 30.6. The fourth-order valence-electron chi connectivity index (χ4n) is 8.36. The predicted octanol–water partition coefficient (Wildman–Crippen LogP) is 14.0. The Bertz CT molecular complexity index is 2760. The second kappa shape index (κ2) is 12.5. The molecule has 0 aromatic heterocycles. The van der Waals surface area contributed by atoms with Crippen LogP contribution in [0.25, 0.3) is 77.2 Å². The standard InChI is InChI=1S/C51H32N2/c52-33-34-23-27-39(28-24-34)53(38-17-8-3-9-18-38)40-29-25-35(26-30-40)41-31-32-46-49-42(41)21-12-22-45(49)50-47(36-13-4-1-5-14-36)43-19-10-11-20-44(43)48(51(46)50)37-15-6-2-7-16-37/h1-32H. The molecule has 2 heteroatoms. The Labute approximate surface area is 309 Å². The van der Waals surface area contributed by atoms with Gasteiger partial charge in [0, 0.05) is 17.1 Å². The maximum Gasteiger partial charge on any atom is 0.0991 e. The van der Waals surface area contributed by atoms with Gasteiger partial charge in [0.15, 0.2) is 0 Å². The van der Waals surface area contributed by atoms with Crippen molar-refractivity contribution in [3.05, 3.63) is 200 Å². The van der Waals surface area contributed by atoms with E-state index >= 15 is 0 Å². The molecule has 0 radical (unpaired) electrons. The van der Waals surface area contributed by atoms with Gasteiger partial charge in [0.05, 0.1) is 11.6 Å². The summed E-state index contributed by atoms with van der Waals surface area (Å²) >= 11 is 0. The third-order valence-corrected chi connectivity index (χ3v) is 10.6. The van der Waals surface area contributed by atoms with Gasteiger partial charge >= 0.3 is 0 Å². The molecule has 0 saturated carbocycles. The third kappa shape index (κ3) is 4.94. The summed E-state index contributed by atoms with van der Waals surface area (Å²) in [6.07, 6.45) is 0. The second-order valence-corrected chi connectivity index (χ2v) is 13.5. The van der Waals surface area contributed by atoms with E-state index in [4.69, 9.17) is 0 Å². The molecule has 1 aliphatic carbocycles. The lowest BCUT2D eigenvalue weighted by Gasteiger charge is -2.25. The van der Waals surface area contributed by atoms with Gasteiger partial charge in [0.2, 0.25) is 0 Å². The fraction of sp³-hybridized carbons (Fsp3) is 0. The Balaban J connectivity index is 1.18. The van der Waals surface area contributed by atoms with Crippen molar-refractivity contribution < 1.29 is 0 Å². The van der Waals surface area contributed by atoms with Gasteiger partial charge in [-0.1, -0.05) is 146 Å². The molecule has 0 heterocycles. The summed E-state index contributed by atoms with van der Waals surface area (Å²) in [4.78, 5) is 2.23. The highest BCUT2D eigenvalue weighted by Crippen LogP contribution is 2.58. The molecule has 0 aliphatic heterocycles. The zero-order valence-corrected chi connectivity index (χ0v) is 28.9. The van der Waals surface area contributed by atoms with Crippen LogP contribution in [0.4, 0.5) is 17.1 Å². The number of hydrogen-bond donors (Lipinski definition) is 0. The molecular weight excluding hydrogens is 641 g/mol. The highest BCUT2D eigenvalue weighted by Gasteiger charge is 2.31. The number of para-hydroxylation sites is 1. The van der Waals surface area contributed by atoms with E-state index in [-0.39, 0.29) is 0 Å². The molecule has 0 atom stereocenters. The summed E-state index contributed by atoms with van der Waals surface area (Å²) in [6.45, 7) is 0. The van der Waals surface area contributed by atoms with Crippen LogP contribution >= 0.6 is 0 Å². The summed E-state index contributed by atoms with van der Waals surface area (Å²) in [7, 11) is 0. The summed E-state index contributed by atoms with van der Waals surface area (Å²) in [6, 6.07) is 71.4. The molecular formula is C51H32N2. The number of fused-ring (bicyclic) bond motifs is 4. The van der Waals surface area contributed by atoms with Gasteiger partial charge in [-0.15, -0.1) is 0 Å². The van der Waals surface area contributed by atoms with Crippen LogP contribution in [0.15, 0.2) is 194 Å². The average molecular weight is 673 g/mol. The molecule has 0 fully saturated rings. The lowest BCUT2D eigenvalue weighted by atomic mass is 9.82. The van der Waals surface area contributed by atoms with Crippen LogP contribution in [-0.2, 0) is 0 Å². The molecule has 53 heavy (non-hydrogen) atoms. The van der Waals surface area contributed by atoms with Crippen LogP contribution in [0.1, 0.15) is 5.56 Å². The predicted molar refractivity (Wildman–Crippen MR) is 222 cm³/mol. The molecule has 0 bridgehead atoms. The number of anilines is 3. The quantitative estimate of drug-likeness (QED) is 0.176. The first-order valence-corrected chi connectivity index (χ1v) is 18.0. The minimum atomic E-state index is 0.645. The molecule has 0 saturated heterocycles. The highest BCUT2D eigenvalue weighted by atomic mass is 15.1. The molecule has 9 aromatic carbocycles. The highest BCUT2D eigenvalue weighted by molar-refractivity contribution is 6.28.